The van der Waals surface area contributed by atoms with Crippen LogP contribution in [0, 0.1) is 0 Å². The lowest BCUT2D eigenvalue weighted by Gasteiger charge is -2.27. The van der Waals surface area contributed by atoms with E-state index in [0.717, 1.165) is 18.5 Å². The first kappa shape index (κ1) is 14.8. The number of nitrogens with zero attached hydrogens (tertiary/aromatic N) is 2. The van der Waals surface area contributed by atoms with Crippen molar-refractivity contribution >= 4 is 28.8 Å². The third-order valence-corrected chi connectivity index (χ3v) is 4.86. The van der Waals surface area contributed by atoms with Gasteiger partial charge in [0.2, 0.25) is 5.91 Å². The first-order valence-corrected chi connectivity index (χ1v) is 8.23. The quantitative estimate of drug-likeness (QED) is 0.874. The van der Waals surface area contributed by atoms with E-state index >= 15 is 0 Å². The van der Waals surface area contributed by atoms with Crippen molar-refractivity contribution in [3.05, 3.63) is 52.7 Å². The molecule has 0 bridgehead atoms. The molecule has 1 fully saturated rings. The van der Waals surface area contributed by atoms with E-state index in [0.29, 0.717) is 11.4 Å². The van der Waals surface area contributed by atoms with E-state index in [2.05, 4.69) is 0 Å². The highest BCUT2D eigenvalue weighted by atomic mass is 32.1. The van der Waals surface area contributed by atoms with E-state index in [1.165, 1.54) is 11.3 Å². The lowest BCUT2D eigenvalue weighted by atomic mass is 10.1. The van der Waals surface area contributed by atoms with Gasteiger partial charge in [-0.25, -0.2) is 0 Å². The van der Waals surface area contributed by atoms with Crippen molar-refractivity contribution in [1.29, 1.82) is 0 Å². The summed E-state index contributed by atoms with van der Waals surface area (Å²) < 4.78 is 0. The maximum absolute atomic E-state index is 12.8. The normalized spacial score (nSPS) is 17.5. The number of anilines is 1. The molecule has 1 aromatic heterocycles. The summed E-state index contributed by atoms with van der Waals surface area (Å²) in [7, 11) is 1.77. The largest absolute Gasteiger partial charge is 0.326 e. The molecule has 0 N–H and O–H groups in total. The highest BCUT2D eigenvalue weighted by Gasteiger charge is 2.36. The van der Waals surface area contributed by atoms with Crippen LogP contribution in [0.15, 0.2) is 47.8 Å². The van der Waals surface area contributed by atoms with E-state index in [-0.39, 0.29) is 17.9 Å². The predicted octanol–water partition coefficient (Wildman–Crippen LogP) is 3.02. The Bertz CT molecular complexity index is 655. The first-order valence-electron chi connectivity index (χ1n) is 7.35. The molecule has 3 rings (SSSR count). The summed E-state index contributed by atoms with van der Waals surface area (Å²) in [4.78, 5) is 29.4. The van der Waals surface area contributed by atoms with Gasteiger partial charge in [-0.15, -0.1) is 11.3 Å². The predicted molar refractivity (Wildman–Crippen MR) is 88.2 cm³/mol. The molecule has 2 heterocycles. The Morgan fingerprint density at radius 1 is 1.18 bits per heavy atom. The molecular weight excluding hydrogens is 296 g/mol. The molecule has 0 radical (unpaired) electrons. The fraction of sp³-hybridized carbons (Fsp3) is 0.294. The Morgan fingerprint density at radius 3 is 2.64 bits per heavy atom. The number of likely N-dealkylation sites (N-methyl/N-ethyl adjacent to an activating group) is 1. The number of rotatable bonds is 3. The highest BCUT2D eigenvalue weighted by Crippen LogP contribution is 2.25. The Labute approximate surface area is 134 Å². The van der Waals surface area contributed by atoms with E-state index < -0.39 is 0 Å². The molecular formula is C17H18N2O2S. The van der Waals surface area contributed by atoms with Gasteiger partial charge in [-0.2, -0.15) is 0 Å². The van der Waals surface area contributed by atoms with Crippen LogP contribution in [0.1, 0.15) is 22.5 Å². The summed E-state index contributed by atoms with van der Waals surface area (Å²) in [6, 6.07) is 12.8. The van der Waals surface area contributed by atoms with Gasteiger partial charge in [0.05, 0.1) is 4.88 Å². The molecule has 2 amide bonds. The third-order valence-electron chi connectivity index (χ3n) is 4.00. The zero-order valence-corrected chi connectivity index (χ0v) is 13.3. The summed E-state index contributed by atoms with van der Waals surface area (Å²) in [6.07, 6.45) is 1.60. The molecule has 1 aliphatic heterocycles. The van der Waals surface area contributed by atoms with Gasteiger partial charge in [-0.1, -0.05) is 24.3 Å². The van der Waals surface area contributed by atoms with Crippen LogP contribution in [0.5, 0.6) is 0 Å². The molecule has 1 atom stereocenters. The Morgan fingerprint density at radius 2 is 1.95 bits per heavy atom. The van der Waals surface area contributed by atoms with Crippen molar-refractivity contribution in [3.63, 3.8) is 0 Å². The van der Waals surface area contributed by atoms with Crippen LogP contribution in [0.2, 0.25) is 0 Å². The molecule has 114 valence electrons. The molecule has 0 aliphatic carbocycles. The molecule has 2 aromatic rings. The second-order valence-electron chi connectivity index (χ2n) is 5.37. The zero-order valence-electron chi connectivity index (χ0n) is 12.4. The molecule has 1 unspecified atom stereocenters. The standard InChI is InChI=1S/C17H18N2O2S/c1-18(13-7-3-2-4-8-13)16(20)14-9-5-11-19(14)17(21)15-10-6-12-22-15/h2-4,6-8,10,12,14H,5,9,11H2,1H3. The number of amides is 2. The topological polar surface area (TPSA) is 40.6 Å². The SMILES string of the molecule is CN(C(=O)C1CCCN1C(=O)c1cccs1)c1ccccc1. The van der Waals surface area contributed by atoms with Crippen LogP contribution in [0.3, 0.4) is 0 Å². The lowest BCUT2D eigenvalue weighted by Crippen LogP contribution is -2.46. The molecule has 0 spiro atoms. The molecule has 1 aliphatic rings. The summed E-state index contributed by atoms with van der Waals surface area (Å²) in [6.45, 7) is 0.649. The number of carbonyl (C=O) groups is 2. The van der Waals surface area contributed by atoms with Crippen LogP contribution in [0.4, 0.5) is 5.69 Å². The van der Waals surface area contributed by atoms with Gasteiger partial charge in [0.15, 0.2) is 0 Å². The van der Waals surface area contributed by atoms with E-state index in [1.807, 2.05) is 47.8 Å². The van der Waals surface area contributed by atoms with Crippen molar-refractivity contribution in [2.24, 2.45) is 0 Å². The number of thiophene rings is 1. The molecule has 5 heteroatoms. The van der Waals surface area contributed by atoms with Crippen molar-refractivity contribution in [1.82, 2.24) is 4.90 Å². The third kappa shape index (κ3) is 2.76. The summed E-state index contributed by atoms with van der Waals surface area (Å²) in [5, 5.41) is 1.89. The molecule has 4 nitrogen and oxygen atoms in total. The second kappa shape index (κ2) is 6.32. The fourth-order valence-corrected chi connectivity index (χ4v) is 3.49. The summed E-state index contributed by atoms with van der Waals surface area (Å²) >= 11 is 1.42. The Kier molecular flexibility index (Phi) is 4.24. The number of hydrogen-bond donors (Lipinski definition) is 0. The number of benzene rings is 1. The lowest BCUT2D eigenvalue weighted by molar-refractivity contribution is -0.121. The van der Waals surface area contributed by atoms with Crippen molar-refractivity contribution in [2.75, 3.05) is 18.5 Å². The highest BCUT2D eigenvalue weighted by molar-refractivity contribution is 7.12. The van der Waals surface area contributed by atoms with Crippen LogP contribution >= 0.6 is 11.3 Å². The average Bonchev–Trinajstić information content (AvgIpc) is 3.25. The number of likely N-dealkylation sites (tertiary alicyclic amines) is 1. The van der Waals surface area contributed by atoms with Gasteiger partial charge in [0.25, 0.3) is 5.91 Å². The van der Waals surface area contributed by atoms with Crippen molar-refractivity contribution in [2.45, 2.75) is 18.9 Å². The van der Waals surface area contributed by atoms with Crippen LogP contribution in [-0.4, -0.2) is 36.3 Å². The smallest absolute Gasteiger partial charge is 0.264 e. The minimum absolute atomic E-state index is 0.0198. The van der Waals surface area contributed by atoms with E-state index in [9.17, 15) is 9.59 Å². The molecule has 0 saturated carbocycles. The van der Waals surface area contributed by atoms with Gasteiger partial charge < -0.3 is 9.80 Å². The van der Waals surface area contributed by atoms with E-state index in [4.69, 9.17) is 0 Å². The summed E-state index contributed by atoms with van der Waals surface area (Å²) in [5.41, 5.74) is 0.850. The van der Waals surface area contributed by atoms with Gasteiger partial charge in [-0.05, 0) is 36.4 Å². The maximum atomic E-state index is 12.8. The minimum atomic E-state index is -0.361. The van der Waals surface area contributed by atoms with Crippen molar-refractivity contribution < 1.29 is 9.59 Å². The number of hydrogen-bond acceptors (Lipinski definition) is 3. The van der Waals surface area contributed by atoms with Crippen LogP contribution in [-0.2, 0) is 4.79 Å². The number of para-hydroxylation sites is 1. The summed E-state index contributed by atoms with van der Waals surface area (Å²) in [5.74, 6) is -0.0547. The minimum Gasteiger partial charge on any atom is -0.326 e. The van der Waals surface area contributed by atoms with Crippen LogP contribution < -0.4 is 4.90 Å². The fourth-order valence-electron chi connectivity index (χ4n) is 2.81. The molecule has 1 aromatic carbocycles. The maximum Gasteiger partial charge on any atom is 0.264 e. The zero-order chi connectivity index (χ0) is 15.5. The second-order valence-corrected chi connectivity index (χ2v) is 6.31. The van der Waals surface area contributed by atoms with Gasteiger partial charge in [0.1, 0.15) is 6.04 Å². The first-order chi connectivity index (χ1) is 10.7. The van der Waals surface area contributed by atoms with Crippen molar-refractivity contribution in [3.8, 4) is 0 Å². The Hall–Kier alpha value is -2.14. The monoisotopic (exact) mass is 314 g/mol. The average molecular weight is 314 g/mol. The molecule has 1 saturated heterocycles. The number of carbonyl (C=O) groups excluding carboxylic acids is 2. The van der Waals surface area contributed by atoms with Gasteiger partial charge in [0, 0.05) is 19.3 Å². The Balaban J connectivity index is 1.78. The molecule has 22 heavy (non-hydrogen) atoms. The van der Waals surface area contributed by atoms with Crippen LogP contribution in [0.25, 0.3) is 0 Å². The van der Waals surface area contributed by atoms with E-state index in [1.54, 1.807) is 16.8 Å². The van der Waals surface area contributed by atoms with Gasteiger partial charge >= 0.3 is 0 Å². The van der Waals surface area contributed by atoms with Gasteiger partial charge in [-0.3, -0.25) is 9.59 Å².